The third kappa shape index (κ3) is 9.92. The van der Waals surface area contributed by atoms with E-state index in [1.54, 1.807) is 0 Å². The van der Waals surface area contributed by atoms with Gasteiger partial charge in [0.25, 0.3) is 0 Å². The number of terminal acetylenes is 1. The second-order valence-electron chi connectivity index (χ2n) is 4.10. The molecule has 0 aromatic rings. The van der Waals surface area contributed by atoms with Gasteiger partial charge in [0.15, 0.2) is 0 Å². The van der Waals surface area contributed by atoms with Gasteiger partial charge in [-0.05, 0) is 0 Å². The number of rotatable bonds is 7. The summed E-state index contributed by atoms with van der Waals surface area (Å²) in [6.45, 7) is 0.838. The first kappa shape index (κ1) is 14.6. The third-order valence-corrected chi connectivity index (χ3v) is 2.54. The molecule has 1 N–H and O–H groups in total. The van der Waals surface area contributed by atoms with Crippen LogP contribution < -0.4 is 0 Å². The van der Waals surface area contributed by atoms with Gasteiger partial charge in [-0.2, -0.15) is 0 Å². The molecule has 0 bridgehead atoms. The van der Waals surface area contributed by atoms with Crippen molar-refractivity contribution in [1.82, 2.24) is 0 Å². The summed E-state index contributed by atoms with van der Waals surface area (Å²) in [4.78, 5) is 9.17. The molecule has 0 saturated heterocycles. The molecule has 6 heteroatoms. The van der Waals surface area contributed by atoms with Crippen molar-refractivity contribution in [2.45, 2.75) is 6.42 Å². The molecule has 0 aromatic heterocycles. The van der Waals surface area contributed by atoms with Crippen molar-refractivity contribution >= 4 is 7.82 Å². The van der Waals surface area contributed by atoms with E-state index in [0.29, 0.717) is 17.4 Å². The van der Waals surface area contributed by atoms with Crippen molar-refractivity contribution in [2.75, 3.05) is 40.9 Å². The minimum absolute atomic E-state index is 0.0364. The highest BCUT2D eigenvalue weighted by atomic mass is 31.2. The van der Waals surface area contributed by atoms with Crippen molar-refractivity contribution < 1.29 is 23.0 Å². The Morgan fingerprint density at radius 3 is 2.33 bits per heavy atom. The van der Waals surface area contributed by atoms with Crippen LogP contribution in [0.2, 0.25) is 0 Å². The van der Waals surface area contributed by atoms with Crippen molar-refractivity contribution in [1.29, 1.82) is 0 Å². The molecule has 0 rings (SSSR count). The van der Waals surface area contributed by atoms with E-state index in [1.165, 1.54) is 0 Å². The van der Waals surface area contributed by atoms with E-state index in [1.807, 2.05) is 21.1 Å². The molecule has 0 heterocycles. The van der Waals surface area contributed by atoms with E-state index in [-0.39, 0.29) is 13.2 Å². The first-order valence-corrected chi connectivity index (χ1v) is 6.12. The summed E-state index contributed by atoms with van der Waals surface area (Å²) < 4.78 is 21.2. The molecule has 0 aliphatic carbocycles. The van der Waals surface area contributed by atoms with Gasteiger partial charge in [0.05, 0.1) is 27.7 Å². The Hall–Kier alpha value is -0.370. The normalized spacial score (nSPS) is 15.7. The van der Waals surface area contributed by atoms with Gasteiger partial charge in [-0.1, -0.05) is 0 Å². The van der Waals surface area contributed by atoms with Crippen molar-refractivity contribution in [3.63, 3.8) is 0 Å². The Labute approximate surface area is 91.2 Å². The fourth-order valence-corrected chi connectivity index (χ4v) is 1.40. The van der Waals surface area contributed by atoms with Gasteiger partial charge in [0, 0.05) is 6.42 Å². The maximum absolute atomic E-state index is 11.2. The zero-order valence-electron chi connectivity index (χ0n) is 9.47. The van der Waals surface area contributed by atoms with Crippen LogP contribution in [-0.4, -0.2) is 50.3 Å². The molecule has 0 aromatic carbocycles. The number of likely N-dealkylation sites (N-methyl/N-ethyl adjacent to an activating group) is 1. The number of hydrogen-bond acceptors (Lipinski definition) is 3. The van der Waals surface area contributed by atoms with E-state index in [2.05, 4.69) is 10.4 Å². The molecule has 0 radical (unpaired) electrons. The highest BCUT2D eigenvalue weighted by molar-refractivity contribution is 7.47. The quantitative estimate of drug-likeness (QED) is 0.308. The summed E-state index contributed by atoms with van der Waals surface area (Å²) in [5, 5.41) is 0. The summed E-state index contributed by atoms with van der Waals surface area (Å²) in [6.07, 6.45) is 5.27. The minimum atomic E-state index is -3.91. The zero-order valence-corrected chi connectivity index (χ0v) is 10.4. The van der Waals surface area contributed by atoms with Gasteiger partial charge >= 0.3 is 7.82 Å². The Kier molecular flexibility index (Phi) is 6.11. The highest BCUT2D eigenvalue weighted by Crippen LogP contribution is 2.42. The number of phosphoric ester groups is 1. The SMILES string of the molecule is C#CCCOP(=O)(O)OCC[N+](C)(C)C. The molecule has 1 atom stereocenters. The maximum Gasteiger partial charge on any atom is 0.472 e. The van der Waals surface area contributed by atoms with E-state index in [0.717, 1.165) is 0 Å². The van der Waals surface area contributed by atoms with Crippen molar-refractivity contribution in [3.8, 4) is 12.3 Å². The molecule has 5 nitrogen and oxygen atoms in total. The van der Waals surface area contributed by atoms with Crippen LogP contribution in [-0.2, 0) is 13.6 Å². The minimum Gasteiger partial charge on any atom is -0.329 e. The topological polar surface area (TPSA) is 55.8 Å². The molecule has 15 heavy (non-hydrogen) atoms. The van der Waals surface area contributed by atoms with Gasteiger partial charge in [-0.3, -0.25) is 9.05 Å². The molecular weight excluding hydrogens is 217 g/mol. The van der Waals surface area contributed by atoms with E-state index in [9.17, 15) is 9.46 Å². The lowest BCUT2D eigenvalue weighted by Crippen LogP contribution is -2.37. The summed E-state index contributed by atoms with van der Waals surface area (Å²) >= 11 is 0. The number of phosphoric acid groups is 1. The Balaban J connectivity index is 3.75. The van der Waals surface area contributed by atoms with Gasteiger partial charge in [0.1, 0.15) is 13.2 Å². The average Bonchev–Trinajstić information content (AvgIpc) is 2.01. The maximum atomic E-state index is 11.2. The van der Waals surface area contributed by atoms with Gasteiger partial charge in [-0.15, -0.1) is 12.3 Å². The lowest BCUT2D eigenvalue weighted by Gasteiger charge is -2.23. The first-order chi connectivity index (χ1) is 6.77. The van der Waals surface area contributed by atoms with E-state index < -0.39 is 7.82 Å². The molecule has 0 fully saturated rings. The van der Waals surface area contributed by atoms with Crippen molar-refractivity contribution in [2.24, 2.45) is 0 Å². The molecule has 0 saturated carbocycles. The summed E-state index contributed by atoms with van der Waals surface area (Å²) in [7, 11) is 1.98. The standard InChI is InChI=1S/C9H18NO4P/c1-5-6-8-13-15(11,12)14-9-7-10(2,3)4/h1H,6-9H2,2-4H3/p+1. The molecular formula is C9H19NO4P+. The summed E-state index contributed by atoms with van der Waals surface area (Å²) in [5.74, 6) is 2.30. The molecule has 0 aliphatic heterocycles. The number of quaternary nitrogens is 1. The molecule has 0 spiro atoms. The smallest absolute Gasteiger partial charge is 0.329 e. The van der Waals surface area contributed by atoms with Crippen LogP contribution in [0, 0.1) is 12.3 Å². The lowest BCUT2D eigenvalue weighted by atomic mass is 10.5. The summed E-state index contributed by atoms with van der Waals surface area (Å²) in [5.41, 5.74) is 0. The van der Waals surface area contributed by atoms with E-state index >= 15 is 0 Å². The lowest BCUT2D eigenvalue weighted by molar-refractivity contribution is -0.870. The average molecular weight is 236 g/mol. The highest BCUT2D eigenvalue weighted by Gasteiger charge is 2.21. The molecule has 0 amide bonds. The molecule has 0 aliphatic rings. The number of nitrogens with zero attached hydrogens (tertiary/aromatic N) is 1. The van der Waals surface area contributed by atoms with Gasteiger partial charge < -0.3 is 9.38 Å². The first-order valence-electron chi connectivity index (χ1n) is 4.63. The summed E-state index contributed by atoms with van der Waals surface area (Å²) in [6, 6.07) is 0. The van der Waals surface area contributed by atoms with Crippen LogP contribution in [0.3, 0.4) is 0 Å². The van der Waals surface area contributed by atoms with Crippen molar-refractivity contribution in [3.05, 3.63) is 0 Å². The largest absolute Gasteiger partial charge is 0.472 e. The van der Waals surface area contributed by atoms with Crippen LogP contribution in [0.5, 0.6) is 0 Å². The predicted octanol–water partition coefficient (Wildman–Crippen LogP) is 0.849. The Morgan fingerprint density at radius 2 is 1.87 bits per heavy atom. The predicted molar refractivity (Wildman–Crippen MR) is 58.1 cm³/mol. The van der Waals surface area contributed by atoms with Crippen LogP contribution in [0.25, 0.3) is 0 Å². The zero-order chi connectivity index (χ0) is 11.9. The molecule has 88 valence electrons. The van der Waals surface area contributed by atoms with Crippen LogP contribution in [0.4, 0.5) is 0 Å². The fourth-order valence-electron chi connectivity index (χ4n) is 0.687. The van der Waals surface area contributed by atoms with Crippen LogP contribution in [0.15, 0.2) is 0 Å². The molecule has 1 unspecified atom stereocenters. The third-order valence-electron chi connectivity index (χ3n) is 1.52. The monoisotopic (exact) mass is 236 g/mol. The van der Waals surface area contributed by atoms with Gasteiger partial charge in [0.2, 0.25) is 0 Å². The number of hydrogen-bond donors (Lipinski definition) is 1. The van der Waals surface area contributed by atoms with Gasteiger partial charge in [-0.25, -0.2) is 4.57 Å². The fraction of sp³-hybridized carbons (Fsp3) is 0.778. The Bertz CT molecular complexity index is 266. The Morgan fingerprint density at radius 1 is 1.33 bits per heavy atom. The second kappa shape index (κ2) is 6.26. The second-order valence-corrected chi connectivity index (χ2v) is 5.56. The van der Waals surface area contributed by atoms with E-state index in [4.69, 9.17) is 10.9 Å². The van der Waals surface area contributed by atoms with Crippen LogP contribution in [0.1, 0.15) is 6.42 Å². The van der Waals surface area contributed by atoms with Crippen LogP contribution >= 0.6 is 7.82 Å².